The maximum Gasteiger partial charge on any atom is 0.328 e. The minimum absolute atomic E-state index is 0.0228. The third-order valence-electron chi connectivity index (χ3n) is 5.20. The monoisotopic (exact) mass is 416 g/mol. The van der Waals surface area contributed by atoms with E-state index >= 15 is 0 Å². The zero-order chi connectivity index (χ0) is 22.4. The number of urea groups is 1. The average Bonchev–Trinajstić information content (AvgIpc) is 3.24. The van der Waals surface area contributed by atoms with Gasteiger partial charge in [0.2, 0.25) is 0 Å². The number of carboxylic acid groups (broad SMARTS) is 2. The molecule has 1 aliphatic rings. The summed E-state index contributed by atoms with van der Waals surface area (Å²) >= 11 is 0. The topological polar surface area (TPSA) is 126 Å². The second-order valence-corrected chi connectivity index (χ2v) is 7.43. The van der Waals surface area contributed by atoms with Gasteiger partial charge in [0, 0.05) is 48.9 Å². The average molecular weight is 416 g/mol. The number of nitrogens with one attached hydrogen (secondary N) is 2. The van der Waals surface area contributed by atoms with E-state index in [1.54, 1.807) is 4.90 Å². The summed E-state index contributed by atoms with van der Waals surface area (Å²) < 4.78 is 0. The number of carbonyl (C=O) groups excluding carboxylic acids is 1. The van der Waals surface area contributed by atoms with Gasteiger partial charge >= 0.3 is 18.0 Å². The quantitative estimate of drug-likeness (QED) is 0.534. The Balaban J connectivity index is 0.000000343. The van der Waals surface area contributed by atoms with E-state index in [1.807, 2.05) is 7.05 Å². The Morgan fingerprint density at radius 3 is 2.40 bits per heavy atom. The molecule has 9 heteroatoms. The van der Waals surface area contributed by atoms with Crippen LogP contribution in [0.1, 0.15) is 24.1 Å². The lowest BCUT2D eigenvalue weighted by Gasteiger charge is -2.20. The molecule has 30 heavy (non-hydrogen) atoms. The fourth-order valence-electron chi connectivity index (χ4n) is 3.20. The van der Waals surface area contributed by atoms with Gasteiger partial charge in [-0.1, -0.05) is 6.07 Å². The van der Waals surface area contributed by atoms with Gasteiger partial charge in [0.25, 0.3) is 0 Å². The van der Waals surface area contributed by atoms with Crippen LogP contribution in [0.5, 0.6) is 0 Å². The molecular weight excluding hydrogens is 388 g/mol. The number of nitrogens with zero attached hydrogens (tertiary/aromatic N) is 2. The second-order valence-electron chi connectivity index (χ2n) is 7.43. The van der Waals surface area contributed by atoms with E-state index < -0.39 is 11.9 Å². The van der Waals surface area contributed by atoms with Crippen LogP contribution in [0.25, 0.3) is 10.9 Å². The van der Waals surface area contributed by atoms with Crippen molar-refractivity contribution in [1.82, 2.24) is 20.1 Å². The highest BCUT2D eigenvalue weighted by Crippen LogP contribution is 2.28. The first kappa shape index (κ1) is 23.0. The number of rotatable bonds is 6. The van der Waals surface area contributed by atoms with Crippen LogP contribution in [0.2, 0.25) is 0 Å². The lowest BCUT2D eigenvalue weighted by Crippen LogP contribution is -2.31. The SMILES string of the molecule is CC(c1c[nH]c2ccc(CC3CNC(=O)N3C)cc12)N(C)C.O=C(O)C=CC(=O)O. The predicted octanol–water partition coefficient (Wildman–Crippen LogP) is 2.07. The number of aliphatic carboxylic acids is 2. The van der Waals surface area contributed by atoms with Crippen molar-refractivity contribution >= 4 is 28.9 Å². The fraction of sp³-hybridized carbons (Fsp3) is 0.381. The number of aromatic amines is 1. The van der Waals surface area contributed by atoms with E-state index in [0.29, 0.717) is 18.2 Å². The Kier molecular flexibility index (Phi) is 7.60. The molecule has 9 nitrogen and oxygen atoms in total. The molecule has 2 heterocycles. The zero-order valence-corrected chi connectivity index (χ0v) is 17.5. The number of carboxylic acids is 2. The van der Waals surface area contributed by atoms with Gasteiger partial charge in [-0.05, 0) is 50.7 Å². The van der Waals surface area contributed by atoms with Crippen LogP contribution in [0, 0.1) is 0 Å². The van der Waals surface area contributed by atoms with Crippen molar-refractivity contribution in [3.8, 4) is 0 Å². The Bertz CT molecular complexity index is 934. The number of fused-ring (bicyclic) bond motifs is 1. The van der Waals surface area contributed by atoms with E-state index in [1.165, 1.54) is 22.0 Å². The van der Waals surface area contributed by atoms with E-state index in [9.17, 15) is 14.4 Å². The number of hydrogen-bond acceptors (Lipinski definition) is 4. The largest absolute Gasteiger partial charge is 0.478 e. The third kappa shape index (κ3) is 5.84. The standard InChI is InChI=1S/C17H24N4O.C4H4O4/c1-11(20(2)3)15-10-18-16-6-5-12(8-14(15)16)7-13-9-19-17(22)21(13)4;5-3(6)1-2-4(7)8/h5-6,8,10-11,13,18H,7,9H2,1-4H3,(H,19,22);1-2H,(H,5,6)(H,7,8). The Morgan fingerprint density at radius 1 is 1.27 bits per heavy atom. The predicted molar refractivity (Wildman–Crippen MR) is 113 cm³/mol. The van der Waals surface area contributed by atoms with Crippen molar-refractivity contribution in [3.63, 3.8) is 0 Å². The number of aromatic nitrogens is 1. The molecule has 2 atom stereocenters. The second kappa shape index (κ2) is 9.93. The fourth-order valence-corrected chi connectivity index (χ4v) is 3.20. The van der Waals surface area contributed by atoms with Crippen molar-refractivity contribution in [2.24, 2.45) is 0 Å². The molecule has 4 N–H and O–H groups in total. The van der Waals surface area contributed by atoms with Gasteiger partial charge < -0.3 is 30.3 Å². The molecule has 2 unspecified atom stereocenters. The van der Waals surface area contributed by atoms with E-state index in [4.69, 9.17) is 10.2 Å². The van der Waals surface area contributed by atoms with Gasteiger partial charge in [0.1, 0.15) is 0 Å². The molecular formula is C21H28N4O5. The Labute approximate surface area is 175 Å². The molecule has 0 aliphatic carbocycles. The summed E-state index contributed by atoms with van der Waals surface area (Å²) in [5.41, 5.74) is 3.75. The Hall–Kier alpha value is -3.33. The van der Waals surface area contributed by atoms with Gasteiger partial charge in [-0.2, -0.15) is 0 Å². The van der Waals surface area contributed by atoms with E-state index in [0.717, 1.165) is 13.0 Å². The zero-order valence-electron chi connectivity index (χ0n) is 17.5. The molecule has 2 aromatic rings. The van der Waals surface area contributed by atoms with Gasteiger partial charge in [-0.25, -0.2) is 14.4 Å². The summed E-state index contributed by atoms with van der Waals surface area (Å²) in [6, 6.07) is 7.17. The van der Waals surface area contributed by atoms with Crippen LogP contribution in [-0.2, 0) is 16.0 Å². The maximum atomic E-state index is 11.6. The number of benzene rings is 1. The molecule has 0 radical (unpaired) electrons. The van der Waals surface area contributed by atoms with Gasteiger partial charge in [0.05, 0.1) is 6.04 Å². The van der Waals surface area contributed by atoms with Gasteiger partial charge in [-0.15, -0.1) is 0 Å². The highest BCUT2D eigenvalue weighted by atomic mass is 16.4. The van der Waals surface area contributed by atoms with Crippen molar-refractivity contribution in [2.45, 2.75) is 25.4 Å². The number of likely N-dealkylation sites (N-methyl/N-ethyl adjacent to an activating group) is 1. The summed E-state index contributed by atoms with van der Waals surface area (Å²) in [7, 11) is 6.05. The molecule has 1 aromatic heterocycles. The molecule has 1 aliphatic heterocycles. The first-order chi connectivity index (χ1) is 14.1. The smallest absolute Gasteiger partial charge is 0.328 e. The number of carbonyl (C=O) groups is 3. The van der Waals surface area contributed by atoms with Crippen LogP contribution in [0.4, 0.5) is 4.79 Å². The van der Waals surface area contributed by atoms with Crippen molar-refractivity contribution in [1.29, 1.82) is 0 Å². The maximum absolute atomic E-state index is 11.6. The van der Waals surface area contributed by atoms with Crippen molar-refractivity contribution in [2.75, 3.05) is 27.7 Å². The lowest BCUT2D eigenvalue weighted by atomic mass is 10.0. The van der Waals surface area contributed by atoms with Crippen LogP contribution in [0.15, 0.2) is 36.5 Å². The molecule has 3 rings (SSSR count). The van der Waals surface area contributed by atoms with Crippen LogP contribution >= 0.6 is 0 Å². The Morgan fingerprint density at radius 2 is 1.90 bits per heavy atom. The first-order valence-corrected chi connectivity index (χ1v) is 9.51. The molecule has 0 saturated carbocycles. The van der Waals surface area contributed by atoms with Crippen LogP contribution < -0.4 is 5.32 Å². The van der Waals surface area contributed by atoms with Gasteiger partial charge in [0.15, 0.2) is 0 Å². The van der Waals surface area contributed by atoms with Crippen molar-refractivity contribution < 1.29 is 24.6 Å². The van der Waals surface area contributed by atoms with Crippen LogP contribution in [-0.4, -0.2) is 76.7 Å². The molecule has 162 valence electrons. The number of hydrogen-bond donors (Lipinski definition) is 4. The number of amides is 2. The highest BCUT2D eigenvalue weighted by Gasteiger charge is 2.27. The molecule has 0 bridgehead atoms. The van der Waals surface area contributed by atoms with E-state index in [-0.39, 0.29) is 12.1 Å². The molecule has 1 fully saturated rings. The summed E-state index contributed by atoms with van der Waals surface area (Å²) in [4.78, 5) is 38.0. The highest BCUT2D eigenvalue weighted by molar-refractivity contribution is 5.89. The van der Waals surface area contributed by atoms with E-state index in [2.05, 4.69) is 60.6 Å². The van der Waals surface area contributed by atoms with Crippen molar-refractivity contribution in [3.05, 3.63) is 47.7 Å². The molecule has 1 saturated heterocycles. The molecule has 0 spiro atoms. The summed E-state index contributed by atoms with van der Waals surface area (Å²) in [6.07, 6.45) is 4.10. The lowest BCUT2D eigenvalue weighted by molar-refractivity contribution is -0.134. The number of H-pyrrole nitrogens is 1. The summed E-state index contributed by atoms with van der Waals surface area (Å²) in [5.74, 6) is -2.51. The summed E-state index contributed by atoms with van der Waals surface area (Å²) in [6.45, 7) is 2.93. The normalized spacial score (nSPS) is 17.2. The van der Waals surface area contributed by atoms with Gasteiger partial charge in [-0.3, -0.25) is 0 Å². The van der Waals surface area contributed by atoms with Crippen LogP contribution in [0.3, 0.4) is 0 Å². The molecule has 2 amide bonds. The minimum atomic E-state index is -1.26. The molecule has 1 aromatic carbocycles. The first-order valence-electron chi connectivity index (χ1n) is 9.51. The minimum Gasteiger partial charge on any atom is -0.478 e. The third-order valence-corrected chi connectivity index (χ3v) is 5.20. The summed E-state index contributed by atoms with van der Waals surface area (Å²) in [5, 5.41) is 19.8.